The zero-order valence-electron chi connectivity index (χ0n) is 15.7. The molecule has 0 bridgehead atoms. The number of amides is 1. The Morgan fingerprint density at radius 1 is 1.24 bits per heavy atom. The third kappa shape index (κ3) is 5.60. The summed E-state index contributed by atoms with van der Waals surface area (Å²) in [6.45, 7) is 8.98. The molecule has 0 aliphatic rings. The molecule has 5 heteroatoms. The molecule has 1 aromatic carbocycles. The van der Waals surface area contributed by atoms with Crippen LogP contribution < -0.4 is 5.32 Å². The monoisotopic (exact) mass is 344 g/mol. The summed E-state index contributed by atoms with van der Waals surface area (Å²) in [5, 5.41) is 11.9. The Morgan fingerprint density at radius 3 is 2.32 bits per heavy atom. The molecule has 3 atom stereocenters. The van der Waals surface area contributed by atoms with E-state index in [9.17, 15) is 14.9 Å². The molecular formula is C20H28N2O3. The van der Waals surface area contributed by atoms with Gasteiger partial charge in [0.25, 0.3) is 5.91 Å². The van der Waals surface area contributed by atoms with Gasteiger partial charge < -0.3 is 10.1 Å². The number of nitrogens with zero attached hydrogens (tertiary/aromatic N) is 1. The second-order valence-corrected chi connectivity index (χ2v) is 6.90. The molecule has 5 nitrogen and oxygen atoms in total. The Balaban J connectivity index is 2.76. The summed E-state index contributed by atoms with van der Waals surface area (Å²) in [7, 11) is 0. The number of rotatable bonds is 8. The van der Waals surface area contributed by atoms with E-state index in [1.165, 1.54) is 0 Å². The lowest BCUT2D eigenvalue weighted by atomic mass is 9.86. The summed E-state index contributed by atoms with van der Waals surface area (Å²) in [5.41, 5.74) is -0.106. The zero-order chi connectivity index (χ0) is 19.0. The second-order valence-electron chi connectivity index (χ2n) is 6.90. The molecule has 0 saturated carbocycles. The average molecular weight is 344 g/mol. The fourth-order valence-corrected chi connectivity index (χ4v) is 2.45. The Labute approximate surface area is 150 Å². The topological polar surface area (TPSA) is 79.2 Å². The average Bonchev–Trinajstić information content (AvgIpc) is 2.60. The molecule has 0 heterocycles. The van der Waals surface area contributed by atoms with E-state index in [2.05, 4.69) is 11.4 Å². The van der Waals surface area contributed by atoms with Gasteiger partial charge in [-0.15, -0.1) is 0 Å². The SMILES string of the molecule is CC[C@@H](C)[C@H](C(=O)OCC(=O)N[C@@](C)(C#N)C(C)C)c1ccccc1. The maximum absolute atomic E-state index is 12.6. The van der Waals surface area contributed by atoms with Crippen LogP contribution in [0.3, 0.4) is 0 Å². The van der Waals surface area contributed by atoms with Crippen LogP contribution >= 0.6 is 0 Å². The zero-order valence-corrected chi connectivity index (χ0v) is 15.7. The third-order valence-corrected chi connectivity index (χ3v) is 4.76. The minimum Gasteiger partial charge on any atom is -0.455 e. The number of nitriles is 1. The molecule has 0 saturated heterocycles. The van der Waals surface area contributed by atoms with Gasteiger partial charge in [-0.05, 0) is 24.3 Å². The van der Waals surface area contributed by atoms with Gasteiger partial charge in [-0.25, -0.2) is 0 Å². The fourth-order valence-electron chi connectivity index (χ4n) is 2.45. The van der Waals surface area contributed by atoms with E-state index >= 15 is 0 Å². The van der Waals surface area contributed by atoms with Gasteiger partial charge in [-0.1, -0.05) is 64.4 Å². The van der Waals surface area contributed by atoms with Crippen molar-refractivity contribution in [3.05, 3.63) is 35.9 Å². The van der Waals surface area contributed by atoms with Crippen molar-refractivity contribution in [2.45, 2.75) is 52.5 Å². The van der Waals surface area contributed by atoms with Gasteiger partial charge in [0, 0.05) is 0 Å². The smallest absolute Gasteiger partial charge is 0.314 e. The van der Waals surface area contributed by atoms with Crippen LogP contribution in [0.2, 0.25) is 0 Å². The van der Waals surface area contributed by atoms with Crippen molar-refractivity contribution in [2.24, 2.45) is 11.8 Å². The van der Waals surface area contributed by atoms with Gasteiger partial charge in [0.15, 0.2) is 6.61 Å². The number of carbonyl (C=O) groups is 2. The van der Waals surface area contributed by atoms with E-state index in [4.69, 9.17) is 4.74 Å². The first kappa shape index (κ1) is 20.7. The summed E-state index contributed by atoms with van der Waals surface area (Å²) < 4.78 is 5.25. The molecule has 0 radical (unpaired) electrons. The lowest BCUT2D eigenvalue weighted by Gasteiger charge is -2.27. The van der Waals surface area contributed by atoms with Crippen LogP contribution in [-0.4, -0.2) is 24.0 Å². The summed E-state index contributed by atoms with van der Waals surface area (Å²) >= 11 is 0. The predicted octanol–water partition coefficient (Wildman–Crippen LogP) is 3.41. The molecule has 0 spiro atoms. The lowest BCUT2D eigenvalue weighted by molar-refractivity contribution is -0.151. The molecule has 0 aliphatic heterocycles. The van der Waals surface area contributed by atoms with E-state index in [-0.39, 0.29) is 18.4 Å². The van der Waals surface area contributed by atoms with Crippen LogP contribution in [-0.2, 0) is 14.3 Å². The number of hydrogen-bond donors (Lipinski definition) is 1. The summed E-state index contributed by atoms with van der Waals surface area (Å²) in [4.78, 5) is 24.6. The number of ether oxygens (including phenoxy) is 1. The molecule has 0 aliphatic carbocycles. The van der Waals surface area contributed by atoms with Crippen molar-refractivity contribution < 1.29 is 14.3 Å². The van der Waals surface area contributed by atoms with Crippen molar-refractivity contribution >= 4 is 11.9 Å². The maximum atomic E-state index is 12.6. The number of esters is 1. The van der Waals surface area contributed by atoms with Gasteiger partial charge in [-0.2, -0.15) is 5.26 Å². The molecule has 1 aromatic rings. The predicted molar refractivity (Wildman–Crippen MR) is 96.6 cm³/mol. The van der Waals surface area contributed by atoms with Crippen LogP contribution in [0, 0.1) is 23.2 Å². The van der Waals surface area contributed by atoms with E-state index < -0.39 is 23.3 Å². The number of benzene rings is 1. The summed E-state index contributed by atoms with van der Waals surface area (Å²) in [6, 6.07) is 11.5. The van der Waals surface area contributed by atoms with Crippen molar-refractivity contribution in [2.75, 3.05) is 6.61 Å². The third-order valence-electron chi connectivity index (χ3n) is 4.76. The van der Waals surface area contributed by atoms with Gasteiger partial charge >= 0.3 is 5.97 Å². The van der Waals surface area contributed by atoms with Gasteiger partial charge in [0.2, 0.25) is 0 Å². The number of carbonyl (C=O) groups excluding carboxylic acids is 2. The minimum atomic E-state index is -0.987. The molecule has 0 unspecified atom stereocenters. The Bertz CT molecular complexity index is 622. The minimum absolute atomic E-state index is 0.0608. The van der Waals surface area contributed by atoms with Crippen LogP contribution in [0.15, 0.2) is 30.3 Å². The van der Waals surface area contributed by atoms with Crippen molar-refractivity contribution in [3.63, 3.8) is 0 Å². The quantitative estimate of drug-likeness (QED) is 0.733. The first-order valence-electron chi connectivity index (χ1n) is 8.69. The van der Waals surface area contributed by atoms with Gasteiger partial charge in [0.1, 0.15) is 5.54 Å². The van der Waals surface area contributed by atoms with E-state index in [0.717, 1.165) is 12.0 Å². The number of hydrogen-bond acceptors (Lipinski definition) is 4. The first-order valence-corrected chi connectivity index (χ1v) is 8.69. The highest BCUT2D eigenvalue weighted by Gasteiger charge is 2.31. The molecule has 0 aromatic heterocycles. The highest BCUT2D eigenvalue weighted by atomic mass is 16.5. The normalized spacial score (nSPS) is 15.6. The molecule has 25 heavy (non-hydrogen) atoms. The van der Waals surface area contributed by atoms with Gasteiger partial charge in [0.05, 0.1) is 12.0 Å². The Hall–Kier alpha value is -2.35. The summed E-state index contributed by atoms with van der Waals surface area (Å²) in [5.74, 6) is -1.26. The Morgan fingerprint density at radius 2 is 1.84 bits per heavy atom. The largest absolute Gasteiger partial charge is 0.455 e. The standard InChI is InChI=1S/C20H28N2O3/c1-6-15(4)18(16-10-8-7-9-11-16)19(24)25-12-17(23)22-20(5,13-21)14(2)3/h7-11,14-15,18H,6,12H2,1-5H3,(H,22,23)/t15-,18+,20+/m1/s1. The molecule has 136 valence electrons. The fraction of sp³-hybridized carbons (Fsp3) is 0.550. The lowest BCUT2D eigenvalue weighted by Crippen LogP contribution is -2.50. The van der Waals surface area contributed by atoms with Crippen LogP contribution in [0.25, 0.3) is 0 Å². The van der Waals surface area contributed by atoms with Crippen LogP contribution in [0.4, 0.5) is 0 Å². The van der Waals surface area contributed by atoms with Crippen molar-refractivity contribution in [1.29, 1.82) is 5.26 Å². The van der Waals surface area contributed by atoms with E-state index in [0.29, 0.717) is 0 Å². The molecule has 1 amide bonds. The molecule has 1 rings (SSSR count). The van der Waals surface area contributed by atoms with Gasteiger partial charge in [-0.3, -0.25) is 9.59 Å². The molecule has 1 N–H and O–H groups in total. The maximum Gasteiger partial charge on any atom is 0.314 e. The molecular weight excluding hydrogens is 316 g/mol. The number of nitrogens with one attached hydrogen (secondary N) is 1. The highest BCUT2D eigenvalue weighted by Crippen LogP contribution is 2.28. The molecule has 0 fully saturated rings. The van der Waals surface area contributed by atoms with Crippen molar-refractivity contribution in [1.82, 2.24) is 5.32 Å². The Kier molecular flexibility index (Phi) is 7.63. The van der Waals surface area contributed by atoms with Crippen molar-refractivity contribution in [3.8, 4) is 6.07 Å². The van der Waals surface area contributed by atoms with E-state index in [1.54, 1.807) is 6.92 Å². The van der Waals surface area contributed by atoms with Crippen LogP contribution in [0.5, 0.6) is 0 Å². The second kappa shape index (κ2) is 9.22. The summed E-state index contributed by atoms with van der Waals surface area (Å²) in [6.07, 6.45) is 0.820. The van der Waals surface area contributed by atoms with E-state index in [1.807, 2.05) is 58.0 Å². The first-order chi connectivity index (χ1) is 11.7. The van der Waals surface area contributed by atoms with Crippen LogP contribution in [0.1, 0.15) is 52.5 Å². The highest BCUT2D eigenvalue weighted by molar-refractivity contribution is 5.84.